The Morgan fingerprint density at radius 1 is 1.14 bits per heavy atom. The first-order valence-electron chi connectivity index (χ1n) is 13.1. The first kappa shape index (κ1) is 34.3. The Balaban J connectivity index is 0.000000661. The Bertz CT molecular complexity index is 1360. The topological polar surface area (TPSA) is 105 Å². The molecule has 0 bridgehead atoms. The van der Waals surface area contributed by atoms with Crippen molar-refractivity contribution in [3.63, 3.8) is 0 Å². The lowest BCUT2D eigenvalue weighted by Gasteiger charge is -2.31. The van der Waals surface area contributed by atoms with Crippen molar-refractivity contribution in [1.29, 1.82) is 0 Å². The van der Waals surface area contributed by atoms with E-state index in [9.17, 15) is 18.8 Å². The molecule has 0 aliphatic carbocycles. The molecule has 0 saturated heterocycles. The van der Waals surface area contributed by atoms with Crippen LogP contribution in [-0.2, 0) is 14.3 Å². The number of methoxy groups -OCH3 is 1. The molecule has 0 saturated carbocycles. The molecule has 0 aliphatic rings. The summed E-state index contributed by atoms with van der Waals surface area (Å²) in [6.07, 6.45) is 2.12. The third-order valence-corrected chi connectivity index (χ3v) is 7.21. The number of nitrogens with zero attached hydrogens (tertiary/aromatic N) is 3. The fourth-order valence-electron chi connectivity index (χ4n) is 4.35. The summed E-state index contributed by atoms with van der Waals surface area (Å²) in [4.78, 5) is 42.8. The number of esters is 1. The van der Waals surface area contributed by atoms with Gasteiger partial charge in [0.2, 0.25) is 6.41 Å². The number of anilines is 2. The number of aliphatic imine (C=N–C) groups is 1. The van der Waals surface area contributed by atoms with Gasteiger partial charge in [-0.05, 0) is 74.5 Å². The molecule has 0 aliphatic heterocycles. The number of benzene rings is 3. The molecule has 0 fully saturated rings. The highest BCUT2D eigenvalue weighted by Crippen LogP contribution is 2.32. The van der Waals surface area contributed by atoms with Crippen molar-refractivity contribution in [2.75, 3.05) is 37.9 Å². The summed E-state index contributed by atoms with van der Waals surface area (Å²) < 4.78 is 19.3. The number of rotatable bonds is 13. The Labute approximate surface area is 255 Å². The van der Waals surface area contributed by atoms with Crippen molar-refractivity contribution in [3.8, 4) is 0 Å². The number of nitrogens with two attached hydrogens (primary N) is 1. The fraction of sp³-hybridized carbons (Fsp3) is 0.290. The zero-order valence-electron chi connectivity index (χ0n) is 23.8. The lowest BCUT2D eigenvalue weighted by atomic mass is 9.91. The SMILES string of the molecule is C=Nc1cc(C(=O)OC)ccc1N(CC)CC[C@@H](CC(C=O)c1cccc(Cl)c1F)N(C)C=O.Nc1cccc(Cl)c1. The zero-order chi connectivity index (χ0) is 31.2. The summed E-state index contributed by atoms with van der Waals surface area (Å²) >= 11 is 11.5. The number of nitrogen functional groups attached to an aromatic ring is 1. The number of carbonyl (C=O) groups is 3. The number of carbonyl (C=O) groups excluding carboxylic acids is 3. The van der Waals surface area contributed by atoms with Crippen LogP contribution < -0.4 is 10.6 Å². The number of ether oxygens (including phenoxy) is 1. The van der Waals surface area contributed by atoms with Crippen LogP contribution >= 0.6 is 23.2 Å². The van der Waals surface area contributed by atoms with Crippen LogP contribution in [0.3, 0.4) is 0 Å². The molecule has 3 rings (SSSR count). The van der Waals surface area contributed by atoms with Crippen molar-refractivity contribution in [2.45, 2.75) is 31.7 Å². The Morgan fingerprint density at radius 3 is 2.40 bits per heavy atom. The third kappa shape index (κ3) is 9.56. The van der Waals surface area contributed by atoms with Crippen molar-refractivity contribution < 1.29 is 23.5 Å². The monoisotopic (exact) mass is 616 g/mol. The lowest BCUT2D eigenvalue weighted by molar-refractivity contribution is -0.119. The molecule has 42 heavy (non-hydrogen) atoms. The lowest BCUT2D eigenvalue weighted by Crippen LogP contribution is -2.36. The van der Waals surface area contributed by atoms with E-state index < -0.39 is 17.7 Å². The van der Waals surface area contributed by atoms with Gasteiger partial charge in [0.25, 0.3) is 0 Å². The van der Waals surface area contributed by atoms with Gasteiger partial charge in [-0.1, -0.05) is 41.4 Å². The summed E-state index contributed by atoms with van der Waals surface area (Å²) in [7, 11) is 2.94. The maximum absolute atomic E-state index is 14.5. The first-order valence-corrected chi connectivity index (χ1v) is 13.9. The molecule has 3 aromatic rings. The highest BCUT2D eigenvalue weighted by Gasteiger charge is 2.25. The second-order valence-electron chi connectivity index (χ2n) is 9.32. The molecule has 0 radical (unpaired) electrons. The highest BCUT2D eigenvalue weighted by molar-refractivity contribution is 6.31. The average Bonchev–Trinajstić information content (AvgIpc) is 3.00. The zero-order valence-corrected chi connectivity index (χ0v) is 25.3. The van der Waals surface area contributed by atoms with Crippen LogP contribution in [0, 0.1) is 5.82 Å². The minimum Gasteiger partial charge on any atom is -0.465 e. The number of hydrogen-bond acceptors (Lipinski definition) is 7. The number of amides is 1. The molecule has 11 heteroatoms. The average molecular weight is 618 g/mol. The van der Waals surface area contributed by atoms with Gasteiger partial charge < -0.3 is 25.1 Å². The van der Waals surface area contributed by atoms with Crippen molar-refractivity contribution in [2.24, 2.45) is 4.99 Å². The summed E-state index contributed by atoms with van der Waals surface area (Å²) in [5, 5.41) is 0.631. The standard InChI is InChI=1S/C25H29ClFN3O4.C6H6ClN/c1-5-30(23-10-9-17(25(33)34-4)14-22(23)28-2)12-11-19(29(3)16-32)13-18(15-31)20-7-6-8-21(26)24(20)27;7-5-2-1-3-6(8)4-5/h6-10,14-16,18-19H,2,5,11-13H2,1,3-4H3;1-4H,8H2/t18?,19-;/m0./s1. The molecule has 2 atom stereocenters. The Kier molecular flexibility index (Phi) is 14.0. The highest BCUT2D eigenvalue weighted by atomic mass is 35.5. The molecule has 3 aromatic carbocycles. The smallest absolute Gasteiger partial charge is 0.337 e. The van der Waals surface area contributed by atoms with Crippen LogP contribution in [0.25, 0.3) is 0 Å². The molecule has 224 valence electrons. The molecule has 0 spiro atoms. The van der Waals surface area contributed by atoms with Crippen LogP contribution in [0.1, 0.15) is 41.6 Å². The number of aldehydes is 1. The van der Waals surface area contributed by atoms with E-state index in [1.54, 1.807) is 49.5 Å². The van der Waals surface area contributed by atoms with Gasteiger partial charge in [0.1, 0.15) is 12.1 Å². The maximum Gasteiger partial charge on any atom is 0.337 e. The fourth-order valence-corrected chi connectivity index (χ4v) is 4.73. The van der Waals surface area contributed by atoms with Gasteiger partial charge in [0, 0.05) is 42.8 Å². The quantitative estimate of drug-likeness (QED) is 0.101. The van der Waals surface area contributed by atoms with Gasteiger partial charge >= 0.3 is 5.97 Å². The molecular weight excluding hydrogens is 582 g/mol. The predicted molar refractivity (Wildman–Crippen MR) is 168 cm³/mol. The largest absolute Gasteiger partial charge is 0.465 e. The van der Waals surface area contributed by atoms with Crippen LogP contribution in [0.15, 0.2) is 65.7 Å². The van der Waals surface area contributed by atoms with Crippen molar-refractivity contribution >= 4 is 65.6 Å². The number of halogens is 3. The van der Waals surface area contributed by atoms with Crippen molar-refractivity contribution in [3.05, 3.63) is 87.7 Å². The minimum atomic E-state index is -0.758. The van der Waals surface area contributed by atoms with Gasteiger partial charge in [-0.2, -0.15) is 0 Å². The van der Waals surface area contributed by atoms with Crippen molar-refractivity contribution in [1.82, 2.24) is 4.90 Å². The summed E-state index contributed by atoms with van der Waals surface area (Å²) in [6.45, 7) is 6.71. The van der Waals surface area contributed by atoms with Gasteiger partial charge in [0.05, 0.1) is 29.1 Å². The predicted octanol–water partition coefficient (Wildman–Crippen LogP) is 6.57. The summed E-state index contributed by atoms with van der Waals surface area (Å²) in [5.41, 5.74) is 7.94. The minimum absolute atomic E-state index is 0.0540. The molecule has 0 heterocycles. The van der Waals surface area contributed by atoms with E-state index in [1.807, 2.05) is 17.9 Å². The van der Waals surface area contributed by atoms with Crippen LogP contribution in [0.2, 0.25) is 10.0 Å². The third-order valence-electron chi connectivity index (χ3n) is 6.68. The second kappa shape index (κ2) is 17.1. The normalized spacial score (nSPS) is 11.8. The molecule has 2 N–H and O–H groups in total. The van der Waals surface area contributed by atoms with E-state index in [0.717, 1.165) is 5.69 Å². The van der Waals surface area contributed by atoms with Gasteiger partial charge in [-0.15, -0.1) is 0 Å². The van der Waals surface area contributed by atoms with E-state index in [0.29, 0.717) is 54.2 Å². The van der Waals surface area contributed by atoms with Gasteiger partial charge in [-0.3, -0.25) is 9.79 Å². The summed E-state index contributed by atoms with van der Waals surface area (Å²) in [5.74, 6) is -1.86. The maximum atomic E-state index is 14.5. The van der Waals surface area contributed by atoms with E-state index in [-0.39, 0.29) is 23.0 Å². The Morgan fingerprint density at radius 2 is 1.86 bits per heavy atom. The molecule has 1 unspecified atom stereocenters. The molecule has 0 aromatic heterocycles. The number of hydrogen-bond donors (Lipinski definition) is 1. The van der Waals surface area contributed by atoms with E-state index in [2.05, 4.69) is 11.7 Å². The van der Waals surface area contributed by atoms with Gasteiger partial charge in [-0.25, -0.2) is 9.18 Å². The molecule has 1 amide bonds. The molecule has 8 nitrogen and oxygen atoms in total. The van der Waals surface area contributed by atoms with E-state index >= 15 is 0 Å². The summed E-state index contributed by atoms with van der Waals surface area (Å²) in [6, 6.07) is 16.4. The van der Waals surface area contributed by atoms with Crippen LogP contribution in [-0.4, -0.2) is 63.6 Å². The molecular formula is C31H35Cl2FN4O4. The van der Waals surface area contributed by atoms with E-state index in [4.69, 9.17) is 33.7 Å². The first-order chi connectivity index (χ1) is 20.1. The van der Waals surface area contributed by atoms with Crippen LogP contribution in [0.4, 0.5) is 21.5 Å². The van der Waals surface area contributed by atoms with E-state index in [1.165, 1.54) is 24.1 Å². The van der Waals surface area contributed by atoms with Crippen LogP contribution in [0.5, 0.6) is 0 Å². The van der Waals surface area contributed by atoms with Gasteiger partial charge in [0.15, 0.2) is 0 Å². The second-order valence-corrected chi connectivity index (χ2v) is 10.2. The Hall–Kier alpha value is -3.95.